The SMILES string of the molecule is C=CCOc1ccc(C(F)(F)F)cc1C(=O)N1CC2CCC(N)C2C1.Cl. The fourth-order valence-corrected chi connectivity index (χ4v) is 3.79. The Morgan fingerprint density at radius 1 is 1.35 bits per heavy atom. The van der Waals surface area contributed by atoms with E-state index < -0.39 is 17.6 Å². The molecule has 2 N–H and O–H groups in total. The molecule has 4 nitrogen and oxygen atoms in total. The van der Waals surface area contributed by atoms with E-state index in [4.69, 9.17) is 10.5 Å². The third-order valence-electron chi connectivity index (χ3n) is 5.09. The number of amides is 1. The van der Waals surface area contributed by atoms with Crippen molar-refractivity contribution in [3.63, 3.8) is 0 Å². The lowest BCUT2D eigenvalue weighted by molar-refractivity contribution is -0.137. The molecule has 2 aliphatic rings. The Morgan fingerprint density at radius 3 is 2.69 bits per heavy atom. The van der Waals surface area contributed by atoms with Gasteiger partial charge >= 0.3 is 6.18 Å². The molecule has 1 aliphatic heterocycles. The predicted octanol–water partition coefficient (Wildman–Crippen LogP) is 3.50. The van der Waals surface area contributed by atoms with E-state index in [-0.39, 0.29) is 42.3 Å². The Morgan fingerprint density at radius 2 is 2.08 bits per heavy atom. The van der Waals surface area contributed by atoms with Crippen molar-refractivity contribution in [3.05, 3.63) is 42.0 Å². The third kappa shape index (κ3) is 3.99. The van der Waals surface area contributed by atoms with Crippen molar-refractivity contribution in [2.24, 2.45) is 17.6 Å². The van der Waals surface area contributed by atoms with Crippen LogP contribution in [0.3, 0.4) is 0 Å². The minimum atomic E-state index is -4.52. The van der Waals surface area contributed by atoms with Crippen LogP contribution in [0.2, 0.25) is 0 Å². The molecule has 0 radical (unpaired) electrons. The van der Waals surface area contributed by atoms with Crippen molar-refractivity contribution in [1.29, 1.82) is 0 Å². The van der Waals surface area contributed by atoms with Crippen molar-refractivity contribution < 1.29 is 22.7 Å². The quantitative estimate of drug-likeness (QED) is 0.800. The van der Waals surface area contributed by atoms with Gasteiger partial charge in [-0.25, -0.2) is 0 Å². The fraction of sp³-hybridized carbons (Fsp3) is 0.500. The Labute approximate surface area is 156 Å². The molecule has 3 rings (SSSR count). The van der Waals surface area contributed by atoms with Gasteiger partial charge in [0.2, 0.25) is 0 Å². The summed E-state index contributed by atoms with van der Waals surface area (Å²) >= 11 is 0. The summed E-state index contributed by atoms with van der Waals surface area (Å²) in [7, 11) is 0. The van der Waals surface area contributed by atoms with E-state index in [1.165, 1.54) is 12.1 Å². The van der Waals surface area contributed by atoms with Gasteiger partial charge in [-0.05, 0) is 42.9 Å². The summed E-state index contributed by atoms with van der Waals surface area (Å²) < 4.78 is 44.5. The third-order valence-corrected chi connectivity index (χ3v) is 5.09. The zero-order chi connectivity index (χ0) is 18.2. The average Bonchev–Trinajstić information content (AvgIpc) is 3.13. The topological polar surface area (TPSA) is 55.6 Å². The molecular weight excluding hydrogens is 369 g/mol. The summed E-state index contributed by atoms with van der Waals surface area (Å²) in [6.45, 7) is 4.65. The Balaban J connectivity index is 0.00000243. The Kier molecular flexibility index (Phi) is 6.24. The van der Waals surface area contributed by atoms with Crippen LogP contribution >= 0.6 is 12.4 Å². The van der Waals surface area contributed by atoms with Crippen LogP contribution in [0.1, 0.15) is 28.8 Å². The summed E-state index contributed by atoms with van der Waals surface area (Å²) in [5.74, 6) is 0.264. The van der Waals surface area contributed by atoms with E-state index in [0.29, 0.717) is 19.0 Å². The number of nitrogens with two attached hydrogens (primary N) is 1. The number of carbonyl (C=O) groups excluding carboxylic acids is 1. The molecule has 26 heavy (non-hydrogen) atoms. The van der Waals surface area contributed by atoms with Gasteiger partial charge in [-0.3, -0.25) is 4.79 Å². The van der Waals surface area contributed by atoms with Gasteiger partial charge in [0, 0.05) is 19.1 Å². The number of nitrogens with zero attached hydrogens (tertiary/aromatic N) is 1. The van der Waals surface area contributed by atoms with E-state index in [2.05, 4.69) is 6.58 Å². The van der Waals surface area contributed by atoms with E-state index >= 15 is 0 Å². The molecule has 144 valence electrons. The minimum absolute atomic E-state index is 0. The maximum absolute atomic E-state index is 13.0. The van der Waals surface area contributed by atoms with Gasteiger partial charge in [0.25, 0.3) is 5.91 Å². The Hall–Kier alpha value is -1.73. The molecule has 3 atom stereocenters. The van der Waals surface area contributed by atoms with Crippen molar-refractivity contribution >= 4 is 18.3 Å². The zero-order valence-corrected chi connectivity index (χ0v) is 15.0. The molecular formula is C18H22ClF3N2O2. The number of hydrogen-bond donors (Lipinski definition) is 1. The molecule has 8 heteroatoms. The van der Waals surface area contributed by atoms with Gasteiger partial charge < -0.3 is 15.4 Å². The van der Waals surface area contributed by atoms with Crippen molar-refractivity contribution in [1.82, 2.24) is 4.90 Å². The summed E-state index contributed by atoms with van der Waals surface area (Å²) in [6, 6.07) is 3.04. The highest BCUT2D eigenvalue weighted by Gasteiger charge is 2.43. The van der Waals surface area contributed by atoms with E-state index in [1.54, 1.807) is 4.90 Å². The van der Waals surface area contributed by atoms with E-state index in [9.17, 15) is 18.0 Å². The van der Waals surface area contributed by atoms with Crippen molar-refractivity contribution in [2.75, 3.05) is 19.7 Å². The number of ether oxygens (including phenoxy) is 1. The number of rotatable bonds is 4. The average molecular weight is 391 g/mol. The first-order valence-electron chi connectivity index (χ1n) is 8.31. The highest BCUT2D eigenvalue weighted by molar-refractivity contribution is 5.97. The number of halogens is 4. The molecule has 0 spiro atoms. The first-order valence-corrected chi connectivity index (χ1v) is 8.31. The van der Waals surface area contributed by atoms with E-state index in [0.717, 1.165) is 25.0 Å². The smallest absolute Gasteiger partial charge is 0.416 e. The number of alkyl halides is 3. The van der Waals surface area contributed by atoms with Crippen LogP contribution in [0.4, 0.5) is 13.2 Å². The normalized spacial score (nSPS) is 24.8. The van der Waals surface area contributed by atoms with Crippen LogP contribution in [0.25, 0.3) is 0 Å². The lowest BCUT2D eigenvalue weighted by Gasteiger charge is -2.21. The van der Waals surface area contributed by atoms with Crippen LogP contribution in [-0.4, -0.2) is 36.5 Å². The molecule has 3 unspecified atom stereocenters. The number of carbonyl (C=O) groups is 1. The fourth-order valence-electron chi connectivity index (χ4n) is 3.79. The Bertz CT molecular complexity index is 681. The maximum atomic E-state index is 13.0. The molecule has 1 heterocycles. The van der Waals surface area contributed by atoms with Gasteiger partial charge in [-0.1, -0.05) is 12.7 Å². The molecule has 1 aromatic rings. The molecule has 1 saturated heterocycles. The van der Waals surface area contributed by atoms with Gasteiger partial charge in [0.1, 0.15) is 12.4 Å². The second-order valence-corrected chi connectivity index (χ2v) is 6.68. The van der Waals surface area contributed by atoms with Crippen LogP contribution in [0, 0.1) is 11.8 Å². The summed E-state index contributed by atoms with van der Waals surface area (Å²) in [4.78, 5) is 14.5. The molecule has 1 amide bonds. The summed E-state index contributed by atoms with van der Waals surface area (Å²) in [5.41, 5.74) is 5.15. The van der Waals surface area contributed by atoms with Crippen LogP contribution in [-0.2, 0) is 6.18 Å². The number of hydrogen-bond acceptors (Lipinski definition) is 3. The summed E-state index contributed by atoms with van der Waals surface area (Å²) in [5, 5.41) is 0. The molecule has 0 bridgehead atoms. The highest BCUT2D eigenvalue weighted by atomic mass is 35.5. The maximum Gasteiger partial charge on any atom is 0.416 e. The van der Waals surface area contributed by atoms with Crippen LogP contribution < -0.4 is 10.5 Å². The van der Waals surface area contributed by atoms with E-state index in [1.807, 2.05) is 0 Å². The monoisotopic (exact) mass is 390 g/mol. The molecule has 1 aromatic carbocycles. The van der Waals surface area contributed by atoms with Gasteiger partial charge in [0.05, 0.1) is 11.1 Å². The van der Waals surface area contributed by atoms with Gasteiger partial charge in [-0.2, -0.15) is 13.2 Å². The van der Waals surface area contributed by atoms with Crippen molar-refractivity contribution in [3.8, 4) is 5.75 Å². The molecule has 1 saturated carbocycles. The summed E-state index contributed by atoms with van der Waals surface area (Å²) in [6.07, 6.45) is -1.15. The number of fused-ring (bicyclic) bond motifs is 1. The lowest BCUT2D eigenvalue weighted by Crippen LogP contribution is -2.33. The van der Waals surface area contributed by atoms with Gasteiger partial charge in [-0.15, -0.1) is 12.4 Å². The van der Waals surface area contributed by atoms with Crippen molar-refractivity contribution in [2.45, 2.75) is 25.1 Å². The molecule has 0 aromatic heterocycles. The molecule has 1 aliphatic carbocycles. The first kappa shape index (κ1) is 20.6. The highest BCUT2D eigenvalue weighted by Crippen LogP contribution is 2.39. The lowest BCUT2D eigenvalue weighted by atomic mass is 9.98. The zero-order valence-electron chi connectivity index (χ0n) is 14.2. The second-order valence-electron chi connectivity index (χ2n) is 6.68. The number of likely N-dealkylation sites (tertiary alicyclic amines) is 1. The standard InChI is InChI=1S/C18H21F3N2O2.ClH/c1-2-7-25-16-6-4-12(18(19,20)21)8-13(16)17(24)23-9-11-3-5-15(22)14(11)10-23;/h2,4,6,8,11,14-15H,1,3,5,7,9-10,22H2;1H. The van der Waals surface area contributed by atoms with Gasteiger partial charge in [0.15, 0.2) is 0 Å². The predicted molar refractivity (Wildman–Crippen MR) is 94.5 cm³/mol. The minimum Gasteiger partial charge on any atom is -0.489 e. The number of benzene rings is 1. The van der Waals surface area contributed by atoms with Crippen LogP contribution in [0.5, 0.6) is 5.75 Å². The largest absolute Gasteiger partial charge is 0.489 e. The van der Waals surface area contributed by atoms with Crippen LogP contribution in [0.15, 0.2) is 30.9 Å². The second kappa shape index (κ2) is 7.88. The molecule has 2 fully saturated rings. The first-order chi connectivity index (χ1) is 11.8.